The van der Waals surface area contributed by atoms with E-state index < -0.39 is 11.6 Å². The highest BCUT2D eigenvalue weighted by Crippen LogP contribution is 2.39. The molecular weight excluding hydrogens is 194 g/mol. The molecule has 4 nitrogen and oxygen atoms in total. The molecule has 0 radical (unpaired) electrons. The Morgan fingerprint density at radius 1 is 1.53 bits per heavy atom. The molecule has 1 aliphatic rings. The highest BCUT2D eigenvalue weighted by molar-refractivity contribution is 5.80. The fourth-order valence-corrected chi connectivity index (χ4v) is 1.90. The topological polar surface area (TPSA) is 72.5 Å². The SMILES string of the molecule is CCOC(=O)C1(N)CCC(C)(C)C(O)C1. The van der Waals surface area contributed by atoms with E-state index >= 15 is 0 Å². The van der Waals surface area contributed by atoms with Crippen molar-refractivity contribution < 1.29 is 14.6 Å². The lowest BCUT2D eigenvalue weighted by Crippen LogP contribution is -2.57. The van der Waals surface area contributed by atoms with Crippen molar-refractivity contribution in [3.63, 3.8) is 0 Å². The van der Waals surface area contributed by atoms with E-state index in [0.717, 1.165) is 6.42 Å². The Labute approximate surface area is 90.8 Å². The van der Waals surface area contributed by atoms with Crippen LogP contribution in [0.15, 0.2) is 0 Å². The number of rotatable bonds is 2. The van der Waals surface area contributed by atoms with Gasteiger partial charge in [0.05, 0.1) is 12.7 Å². The van der Waals surface area contributed by atoms with Crippen LogP contribution in [-0.2, 0) is 9.53 Å². The van der Waals surface area contributed by atoms with Crippen molar-refractivity contribution in [3.8, 4) is 0 Å². The van der Waals surface area contributed by atoms with Crippen LogP contribution in [0.2, 0.25) is 0 Å². The summed E-state index contributed by atoms with van der Waals surface area (Å²) < 4.78 is 4.93. The fourth-order valence-electron chi connectivity index (χ4n) is 1.90. The minimum absolute atomic E-state index is 0.157. The molecule has 0 aromatic carbocycles. The van der Waals surface area contributed by atoms with Crippen molar-refractivity contribution in [3.05, 3.63) is 0 Å². The van der Waals surface area contributed by atoms with E-state index in [4.69, 9.17) is 10.5 Å². The van der Waals surface area contributed by atoms with E-state index in [9.17, 15) is 9.90 Å². The molecule has 4 heteroatoms. The van der Waals surface area contributed by atoms with Gasteiger partial charge in [-0.25, -0.2) is 0 Å². The second-order valence-corrected chi connectivity index (χ2v) is 5.09. The maximum Gasteiger partial charge on any atom is 0.326 e. The van der Waals surface area contributed by atoms with Crippen molar-refractivity contribution >= 4 is 5.97 Å². The summed E-state index contributed by atoms with van der Waals surface area (Å²) in [7, 11) is 0. The third-order valence-electron chi connectivity index (χ3n) is 3.36. The van der Waals surface area contributed by atoms with Crippen molar-refractivity contribution in [2.45, 2.75) is 51.7 Å². The van der Waals surface area contributed by atoms with Gasteiger partial charge in [0.1, 0.15) is 5.54 Å². The van der Waals surface area contributed by atoms with Crippen LogP contribution in [0.5, 0.6) is 0 Å². The zero-order chi connectivity index (χ0) is 11.7. The smallest absolute Gasteiger partial charge is 0.326 e. The predicted molar refractivity (Wildman–Crippen MR) is 57.2 cm³/mol. The molecule has 0 bridgehead atoms. The molecule has 0 amide bonds. The van der Waals surface area contributed by atoms with Crippen molar-refractivity contribution in [2.75, 3.05) is 6.61 Å². The Morgan fingerprint density at radius 3 is 2.60 bits per heavy atom. The Bertz CT molecular complexity index is 252. The van der Waals surface area contributed by atoms with Crippen LogP contribution >= 0.6 is 0 Å². The average Bonchev–Trinajstić information content (AvgIpc) is 2.13. The van der Waals surface area contributed by atoms with Crippen molar-refractivity contribution in [1.29, 1.82) is 0 Å². The first-order chi connectivity index (χ1) is 6.82. The van der Waals surface area contributed by atoms with E-state index in [2.05, 4.69) is 0 Å². The highest BCUT2D eigenvalue weighted by Gasteiger charge is 2.46. The molecule has 15 heavy (non-hydrogen) atoms. The van der Waals surface area contributed by atoms with Gasteiger partial charge in [-0.05, 0) is 25.2 Å². The molecule has 1 rings (SSSR count). The van der Waals surface area contributed by atoms with E-state index in [1.54, 1.807) is 6.92 Å². The summed E-state index contributed by atoms with van der Waals surface area (Å²) in [4.78, 5) is 11.6. The Balaban J connectivity index is 2.70. The first kappa shape index (κ1) is 12.5. The third kappa shape index (κ3) is 2.49. The highest BCUT2D eigenvalue weighted by atomic mass is 16.5. The number of ether oxygens (including phenoxy) is 1. The normalized spacial score (nSPS) is 34.9. The molecule has 1 fully saturated rings. The molecule has 1 saturated carbocycles. The predicted octanol–water partition coefficient (Wildman–Crippen LogP) is 0.818. The first-order valence-electron chi connectivity index (χ1n) is 5.46. The standard InChI is InChI=1S/C11H21NO3/c1-4-15-9(14)11(12)6-5-10(2,3)8(13)7-11/h8,13H,4-7,12H2,1-3H3. The molecule has 0 saturated heterocycles. The van der Waals surface area contributed by atoms with Crippen LogP contribution in [0.3, 0.4) is 0 Å². The summed E-state index contributed by atoms with van der Waals surface area (Å²) >= 11 is 0. The quantitative estimate of drug-likeness (QED) is 0.669. The number of aliphatic hydroxyl groups excluding tert-OH is 1. The van der Waals surface area contributed by atoms with Gasteiger partial charge >= 0.3 is 5.97 Å². The van der Waals surface area contributed by atoms with Gasteiger partial charge in [0, 0.05) is 6.42 Å². The summed E-state index contributed by atoms with van der Waals surface area (Å²) in [6, 6.07) is 0. The van der Waals surface area contributed by atoms with Crippen LogP contribution in [0.4, 0.5) is 0 Å². The fraction of sp³-hybridized carbons (Fsp3) is 0.909. The zero-order valence-electron chi connectivity index (χ0n) is 9.75. The van der Waals surface area contributed by atoms with Crippen LogP contribution in [0, 0.1) is 5.41 Å². The average molecular weight is 215 g/mol. The van der Waals surface area contributed by atoms with Crippen molar-refractivity contribution in [1.82, 2.24) is 0 Å². The van der Waals surface area contributed by atoms with Gasteiger partial charge in [-0.3, -0.25) is 4.79 Å². The minimum atomic E-state index is -0.995. The molecule has 3 N–H and O–H groups in total. The third-order valence-corrected chi connectivity index (χ3v) is 3.36. The number of esters is 1. The lowest BCUT2D eigenvalue weighted by atomic mass is 9.68. The monoisotopic (exact) mass is 215 g/mol. The molecule has 0 heterocycles. The van der Waals surface area contributed by atoms with Gasteiger partial charge in [0.2, 0.25) is 0 Å². The first-order valence-corrected chi connectivity index (χ1v) is 5.46. The number of carbonyl (C=O) groups is 1. The van der Waals surface area contributed by atoms with E-state index in [-0.39, 0.29) is 11.4 Å². The van der Waals surface area contributed by atoms with Gasteiger partial charge in [-0.2, -0.15) is 0 Å². The van der Waals surface area contributed by atoms with E-state index in [0.29, 0.717) is 19.4 Å². The van der Waals surface area contributed by atoms with E-state index in [1.165, 1.54) is 0 Å². The number of hydrogen-bond acceptors (Lipinski definition) is 4. The molecule has 1 aliphatic carbocycles. The molecule has 88 valence electrons. The molecule has 0 aromatic heterocycles. The second-order valence-electron chi connectivity index (χ2n) is 5.09. The minimum Gasteiger partial charge on any atom is -0.465 e. The van der Waals surface area contributed by atoms with Crippen LogP contribution < -0.4 is 5.73 Å². The van der Waals surface area contributed by atoms with Gasteiger partial charge in [-0.1, -0.05) is 13.8 Å². The number of aliphatic hydroxyl groups is 1. The molecule has 2 unspecified atom stereocenters. The Kier molecular flexibility index (Phi) is 3.41. The van der Waals surface area contributed by atoms with Crippen LogP contribution in [0.25, 0.3) is 0 Å². The summed E-state index contributed by atoms with van der Waals surface area (Å²) in [5, 5.41) is 9.90. The zero-order valence-corrected chi connectivity index (χ0v) is 9.75. The van der Waals surface area contributed by atoms with Gasteiger partial charge in [0.25, 0.3) is 0 Å². The Morgan fingerprint density at radius 2 is 2.13 bits per heavy atom. The number of carbonyl (C=O) groups excluding carboxylic acids is 1. The van der Waals surface area contributed by atoms with Crippen LogP contribution in [-0.4, -0.2) is 29.3 Å². The lowest BCUT2D eigenvalue weighted by molar-refractivity contribution is -0.155. The Hall–Kier alpha value is -0.610. The number of nitrogens with two attached hydrogens (primary N) is 1. The van der Waals surface area contributed by atoms with Gasteiger partial charge < -0.3 is 15.6 Å². The van der Waals surface area contributed by atoms with Crippen LogP contribution in [0.1, 0.15) is 40.0 Å². The number of hydrogen-bond donors (Lipinski definition) is 2. The molecule has 2 atom stereocenters. The van der Waals surface area contributed by atoms with Gasteiger partial charge in [-0.15, -0.1) is 0 Å². The lowest BCUT2D eigenvalue weighted by Gasteiger charge is -2.43. The summed E-state index contributed by atoms with van der Waals surface area (Å²) in [6.07, 6.45) is 1.07. The second kappa shape index (κ2) is 4.10. The molecule has 0 aliphatic heterocycles. The summed E-state index contributed by atoms with van der Waals surface area (Å²) in [5.74, 6) is -0.389. The largest absolute Gasteiger partial charge is 0.465 e. The molecular formula is C11H21NO3. The molecule has 0 spiro atoms. The van der Waals surface area contributed by atoms with E-state index in [1.807, 2.05) is 13.8 Å². The van der Waals surface area contributed by atoms with Gasteiger partial charge in [0.15, 0.2) is 0 Å². The maximum absolute atomic E-state index is 11.6. The molecule has 0 aromatic rings. The summed E-state index contributed by atoms with van der Waals surface area (Å²) in [6.45, 7) is 6.06. The maximum atomic E-state index is 11.6. The summed E-state index contributed by atoms with van der Waals surface area (Å²) in [5.41, 5.74) is 4.81. The van der Waals surface area contributed by atoms with Crippen molar-refractivity contribution in [2.24, 2.45) is 11.1 Å².